The van der Waals surface area contributed by atoms with E-state index in [1.54, 1.807) is 16.9 Å². The number of nitrogens with one attached hydrogen (secondary N) is 2. The molecule has 1 heterocycles. The lowest BCUT2D eigenvalue weighted by Gasteiger charge is -2.08. The van der Waals surface area contributed by atoms with Crippen molar-refractivity contribution in [2.45, 2.75) is 19.9 Å². The topological polar surface area (TPSA) is 51.1 Å². The number of benzene rings is 1. The van der Waals surface area contributed by atoms with E-state index in [4.69, 9.17) is 28.6 Å². The fourth-order valence-electron chi connectivity index (χ4n) is 2.02. The normalized spacial score (nSPS) is 10.6. The molecule has 0 radical (unpaired) electrons. The molecule has 0 saturated carbocycles. The van der Waals surface area contributed by atoms with Crippen molar-refractivity contribution in [3.05, 3.63) is 46.9 Å². The van der Waals surface area contributed by atoms with Gasteiger partial charge >= 0.3 is 0 Å². The number of halogens is 2. The second-order valence-electron chi connectivity index (χ2n) is 5.07. The van der Waals surface area contributed by atoms with Crippen LogP contribution >= 0.6 is 23.8 Å². The zero-order valence-electron chi connectivity index (χ0n) is 13.4. The van der Waals surface area contributed by atoms with Crippen molar-refractivity contribution >= 4 is 34.7 Å². The van der Waals surface area contributed by atoms with Crippen molar-refractivity contribution in [1.29, 1.82) is 0 Å². The molecule has 0 bridgehead atoms. The molecule has 0 aliphatic rings. The molecule has 0 aliphatic heterocycles. The van der Waals surface area contributed by atoms with E-state index < -0.39 is 0 Å². The van der Waals surface area contributed by atoms with Gasteiger partial charge in [0.1, 0.15) is 5.82 Å². The second-order valence-corrected chi connectivity index (χ2v) is 5.88. The average Bonchev–Trinajstić information content (AvgIpc) is 2.97. The summed E-state index contributed by atoms with van der Waals surface area (Å²) in [5.41, 5.74) is 0.796. The molecule has 5 nitrogen and oxygen atoms in total. The second kappa shape index (κ2) is 9.56. The molecule has 8 heteroatoms. The summed E-state index contributed by atoms with van der Waals surface area (Å²) >= 11 is 11.2. The van der Waals surface area contributed by atoms with E-state index in [0.717, 1.165) is 25.1 Å². The highest BCUT2D eigenvalue weighted by Gasteiger charge is 2.06. The Balaban J connectivity index is 1.81. The number of ether oxygens (including phenoxy) is 1. The zero-order valence-corrected chi connectivity index (χ0v) is 15.0. The van der Waals surface area contributed by atoms with E-state index in [2.05, 4.69) is 15.7 Å². The summed E-state index contributed by atoms with van der Waals surface area (Å²) in [5, 5.41) is 11.4. The van der Waals surface area contributed by atoms with Gasteiger partial charge in [0.2, 0.25) is 0 Å². The molecule has 0 amide bonds. The Kier molecular flexibility index (Phi) is 7.42. The van der Waals surface area contributed by atoms with Gasteiger partial charge in [-0.2, -0.15) is 5.10 Å². The van der Waals surface area contributed by atoms with Gasteiger partial charge in [-0.1, -0.05) is 17.7 Å². The number of nitrogens with zero attached hydrogens (tertiary/aromatic N) is 2. The molecule has 0 atom stereocenters. The fourth-order valence-corrected chi connectivity index (χ4v) is 2.46. The van der Waals surface area contributed by atoms with Crippen molar-refractivity contribution in [2.75, 3.05) is 25.1 Å². The van der Waals surface area contributed by atoms with Crippen LogP contribution in [-0.4, -0.2) is 34.7 Å². The first kappa shape index (κ1) is 18.6. The van der Waals surface area contributed by atoms with Crippen LogP contribution in [0.4, 0.5) is 10.2 Å². The molecule has 2 N–H and O–H groups in total. The summed E-state index contributed by atoms with van der Waals surface area (Å²) in [6.07, 6.45) is 2.69. The molecule has 1 aromatic heterocycles. The van der Waals surface area contributed by atoms with Gasteiger partial charge in [0.05, 0.1) is 6.54 Å². The monoisotopic (exact) mass is 370 g/mol. The molecular formula is C16H20ClFN4OS. The van der Waals surface area contributed by atoms with Crippen molar-refractivity contribution in [2.24, 2.45) is 0 Å². The summed E-state index contributed by atoms with van der Waals surface area (Å²) in [5.74, 6) is 0.280. The summed E-state index contributed by atoms with van der Waals surface area (Å²) in [6.45, 7) is 4.58. The molecule has 24 heavy (non-hydrogen) atoms. The van der Waals surface area contributed by atoms with E-state index in [1.165, 1.54) is 12.1 Å². The summed E-state index contributed by atoms with van der Waals surface area (Å²) < 4.78 is 20.0. The summed E-state index contributed by atoms with van der Waals surface area (Å²) in [7, 11) is 0. The van der Waals surface area contributed by atoms with Gasteiger partial charge < -0.3 is 15.4 Å². The Hall–Kier alpha value is -1.70. The number of aromatic nitrogens is 2. The van der Waals surface area contributed by atoms with Gasteiger partial charge in [0.25, 0.3) is 0 Å². The third kappa shape index (κ3) is 6.07. The van der Waals surface area contributed by atoms with Crippen molar-refractivity contribution in [3.8, 4) is 0 Å². The maximum Gasteiger partial charge on any atom is 0.171 e. The zero-order chi connectivity index (χ0) is 17.4. The standard InChI is InChI=1S/C16H20ClFN4OS/c1-2-23-9-3-7-19-16(24)20-15-6-8-22(21-15)11-12-4-5-13(18)10-14(12)17/h4-6,8,10H,2-3,7,9,11H2,1H3,(H2,19,20,21,24). The van der Waals surface area contributed by atoms with Gasteiger partial charge in [-0.05, 0) is 43.3 Å². The Morgan fingerprint density at radius 1 is 1.42 bits per heavy atom. The molecule has 1 aromatic carbocycles. The highest BCUT2D eigenvalue weighted by molar-refractivity contribution is 7.80. The molecular weight excluding hydrogens is 351 g/mol. The van der Waals surface area contributed by atoms with Crippen LogP contribution in [0.15, 0.2) is 30.5 Å². The van der Waals surface area contributed by atoms with Crippen LogP contribution in [0.25, 0.3) is 0 Å². The average molecular weight is 371 g/mol. The van der Waals surface area contributed by atoms with Crippen LogP contribution in [0.3, 0.4) is 0 Å². The van der Waals surface area contributed by atoms with E-state index in [1.807, 2.05) is 13.0 Å². The minimum Gasteiger partial charge on any atom is -0.382 e. The first-order valence-electron chi connectivity index (χ1n) is 7.68. The van der Waals surface area contributed by atoms with Crippen molar-refractivity contribution in [1.82, 2.24) is 15.1 Å². The highest BCUT2D eigenvalue weighted by atomic mass is 35.5. The van der Waals surface area contributed by atoms with Crippen LogP contribution in [0.2, 0.25) is 5.02 Å². The van der Waals surface area contributed by atoms with E-state index in [0.29, 0.717) is 29.1 Å². The number of rotatable bonds is 8. The fraction of sp³-hybridized carbons (Fsp3) is 0.375. The number of thiocarbonyl (C=S) groups is 1. The number of hydrogen-bond donors (Lipinski definition) is 2. The number of anilines is 1. The largest absolute Gasteiger partial charge is 0.382 e. The molecule has 0 unspecified atom stereocenters. The lowest BCUT2D eigenvalue weighted by molar-refractivity contribution is 0.146. The summed E-state index contributed by atoms with van der Waals surface area (Å²) in [4.78, 5) is 0. The van der Waals surface area contributed by atoms with Crippen LogP contribution in [0.5, 0.6) is 0 Å². The van der Waals surface area contributed by atoms with E-state index in [9.17, 15) is 4.39 Å². The quantitative estimate of drug-likeness (QED) is 0.550. The Morgan fingerprint density at radius 3 is 3.00 bits per heavy atom. The predicted octanol–water partition coefficient (Wildman–Crippen LogP) is 3.44. The summed E-state index contributed by atoms with van der Waals surface area (Å²) in [6, 6.07) is 6.13. The lowest BCUT2D eigenvalue weighted by atomic mass is 10.2. The first-order valence-corrected chi connectivity index (χ1v) is 8.47. The van der Waals surface area contributed by atoms with Crippen LogP contribution in [-0.2, 0) is 11.3 Å². The Labute approximate surface area is 151 Å². The third-order valence-electron chi connectivity index (χ3n) is 3.18. The maximum atomic E-state index is 13.1. The molecule has 0 spiro atoms. The molecule has 130 valence electrons. The van der Waals surface area contributed by atoms with E-state index in [-0.39, 0.29) is 5.82 Å². The van der Waals surface area contributed by atoms with Gasteiger partial charge in [-0.25, -0.2) is 4.39 Å². The van der Waals surface area contributed by atoms with Gasteiger partial charge in [0.15, 0.2) is 10.9 Å². The van der Waals surface area contributed by atoms with Gasteiger partial charge in [0, 0.05) is 37.0 Å². The van der Waals surface area contributed by atoms with Crippen LogP contribution in [0, 0.1) is 5.82 Å². The highest BCUT2D eigenvalue weighted by Crippen LogP contribution is 2.18. The smallest absolute Gasteiger partial charge is 0.171 e. The van der Waals surface area contributed by atoms with Crippen molar-refractivity contribution < 1.29 is 9.13 Å². The minimum atomic E-state index is -0.354. The molecule has 2 rings (SSSR count). The van der Waals surface area contributed by atoms with Crippen LogP contribution < -0.4 is 10.6 Å². The molecule has 0 saturated heterocycles. The Bertz CT molecular complexity index is 680. The number of hydrogen-bond acceptors (Lipinski definition) is 3. The molecule has 2 aromatic rings. The molecule has 0 fully saturated rings. The van der Waals surface area contributed by atoms with Crippen LogP contribution in [0.1, 0.15) is 18.9 Å². The third-order valence-corrected chi connectivity index (χ3v) is 3.78. The van der Waals surface area contributed by atoms with Gasteiger partial charge in [-0.3, -0.25) is 4.68 Å². The van der Waals surface area contributed by atoms with Gasteiger partial charge in [-0.15, -0.1) is 0 Å². The first-order chi connectivity index (χ1) is 11.6. The lowest BCUT2D eigenvalue weighted by Crippen LogP contribution is -2.30. The Morgan fingerprint density at radius 2 is 2.25 bits per heavy atom. The SMILES string of the molecule is CCOCCCNC(=S)Nc1ccn(Cc2ccc(F)cc2Cl)n1. The van der Waals surface area contributed by atoms with Crippen molar-refractivity contribution in [3.63, 3.8) is 0 Å². The van der Waals surface area contributed by atoms with E-state index >= 15 is 0 Å². The molecule has 0 aliphatic carbocycles. The predicted molar refractivity (Wildman–Crippen MR) is 98.1 cm³/mol. The minimum absolute atomic E-state index is 0.354. The maximum absolute atomic E-state index is 13.1.